The van der Waals surface area contributed by atoms with Crippen molar-refractivity contribution in [3.8, 4) is 11.7 Å². The lowest BCUT2D eigenvalue weighted by molar-refractivity contribution is 0.0289. The second kappa shape index (κ2) is 12.7. The molecule has 0 saturated carbocycles. The molecule has 9 heteroatoms. The van der Waals surface area contributed by atoms with Crippen molar-refractivity contribution < 1.29 is 24.1 Å². The molecule has 0 unspecified atom stereocenters. The van der Waals surface area contributed by atoms with Crippen LogP contribution in [0.2, 0.25) is 0 Å². The van der Waals surface area contributed by atoms with Gasteiger partial charge in [-0.25, -0.2) is 9.78 Å². The third kappa shape index (κ3) is 5.96. The fraction of sp³-hybridized carbons (Fsp3) is 0.441. The zero-order valence-electron chi connectivity index (χ0n) is 25.3. The van der Waals surface area contributed by atoms with Crippen LogP contribution in [0.15, 0.2) is 53.9 Å². The highest BCUT2D eigenvalue weighted by Gasteiger charge is 2.27. The molecule has 1 aromatic carbocycles. The summed E-state index contributed by atoms with van der Waals surface area (Å²) >= 11 is 0. The van der Waals surface area contributed by atoms with E-state index in [2.05, 4.69) is 42.1 Å². The number of fused-ring (bicyclic) bond motifs is 1. The van der Waals surface area contributed by atoms with Crippen molar-refractivity contribution in [1.29, 1.82) is 0 Å². The highest BCUT2D eigenvalue weighted by atomic mass is 16.5. The number of carboxylic acid groups (broad SMARTS) is 1. The fourth-order valence-electron chi connectivity index (χ4n) is 6.58. The minimum Gasteiger partial charge on any atom is -0.488 e. The van der Waals surface area contributed by atoms with Crippen molar-refractivity contribution in [3.63, 3.8) is 0 Å². The van der Waals surface area contributed by atoms with Gasteiger partial charge in [0.15, 0.2) is 5.82 Å². The van der Waals surface area contributed by atoms with Crippen LogP contribution in [0.25, 0.3) is 11.4 Å². The van der Waals surface area contributed by atoms with Gasteiger partial charge in [0.2, 0.25) is 5.88 Å². The summed E-state index contributed by atoms with van der Waals surface area (Å²) in [5, 5.41) is 13.7. The average Bonchev–Trinajstić information content (AvgIpc) is 3.49. The first-order valence-electron chi connectivity index (χ1n) is 15.3. The van der Waals surface area contributed by atoms with E-state index in [1.807, 2.05) is 12.1 Å². The molecule has 43 heavy (non-hydrogen) atoms. The first kappa shape index (κ1) is 29.1. The van der Waals surface area contributed by atoms with Crippen LogP contribution in [0.5, 0.6) is 5.88 Å². The Balaban J connectivity index is 1.22. The summed E-state index contributed by atoms with van der Waals surface area (Å²) in [7, 11) is 1.43. The summed E-state index contributed by atoms with van der Waals surface area (Å²) in [6.45, 7) is 8.73. The number of carboxylic acids is 1. The van der Waals surface area contributed by atoms with Crippen molar-refractivity contribution in [2.45, 2.75) is 71.6 Å². The molecule has 0 amide bonds. The molecule has 0 spiro atoms. The van der Waals surface area contributed by atoms with Crippen molar-refractivity contribution in [2.24, 2.45) is 0 Å². The van der Waals surface area contributed by atoms with Crippen LogP contribution in [0, 0.1) is 0 Å². The Morgan fingerprint density at radius 1 is 1.19 bits per heavy atom. The lowest BCUT2D eigenvalue weighted by atomic mass is 9.90. The maximum absolute atomic E-state index is 11.6. The fourth-order valence-corrected chi connectivity index (χ4v) is 6.58. The van der Waals surface area contributed by atoms with Gasteiger partial charge >= 0.3 is 5.97 Å². The number of rotatable bonds is 9. The Kier molecular flexibility index (Phi) is 8.63. The molecule has 1 N–H and O–H groups in total. The number of pyridine rings is 1. The summed E-state index contributed by atoms with van der Waals surface area (Å²) in [5.74, 6) is 0.361. The Morgan fingerprint density at radius 2 is 2.02 bits per heavy atom. The van der Waals surface area contributed by atoms with Crippen molar-refractivity contribution in [3.05, 3.63) is 87.4 Å². The SMILES string of the molecule is CCc1cc(COC2=C(C)CCC=C2c2cccc(-n3ncc(C(=O)O)c3OC)n2)cc2c1CN(C1CCOCC1)CC2. The molecule has 0 atom stereocenters. The number of benzene rings is 1. The van der Waals surface area contributed by atoms with Gasteiger partial charge < -0.3 is 19.3 Å². The van der Waals surface area contributed by atoms with Crippen LogP contribution >= 0.6 is 0 Å². The van der Waals surface area contributed by atoms with Crippen molar-refractivity contribution in [2.75, 3.05) is 26.9 Å². The van der Waals surface area contributed by atoms with E-state index in [4.69, 9.17) is 19.2 Å². The van der Waals surface area contributed by atoms with Gasteiger partial charge in [0.1, 0.15) is 17.9 Å². The zero-order chi connectivity index (χ0) is 29.9. The van der Waals surface area contributed by atoms with Gasteiger partial charge in [-0.15, -0.1) is 0 Å². The summed E-state index contributed by atoms with van der Waals surface area (Å²) in [5.41, 5.74) is 8.43. The Hall–Kier alpha value is -3.95. The Morgan fingerprint density at radius 3 is 2.79 bits per heavy atom. The smallest absolute Gasteiger partial charge is 0.342 e. The van der Waals surface area contributed by atoms with Crippen LogP contribution in [0.1, 0.15) is 77.8 Å². The molecule has 2 aliphatic heterocycles. The number of nitrogens with zero attached hydrogens (tertiary/aromatic N) is 4. The van der Waals surface area contributed by atoms with E-state index >= 15 is 0 Å². The number of aromatic nitrogens is 3. The van der Waals surface area contributed by atoms with E-state index in [9.17, 15) is 9.90 Å². The minimum atomic E-state index is -1.10. The average molecular weight is 585 g/mol. The summed E-state index contributed by atoms with van der Waals surface area (Å²) in [6.07, 6.45) is 9.61. The molecular weight excluding hydrogens is 544 g/mol. The van der Waals surface area contributed by atoms with Gasteiger partial charge in [0.25, 0.3) is 0 Å². The zero-order valence-corrected chi connectivity index (χ0v) is 25.3. The molecule has 0 radical (unpaired) electrons. The number of carbonyl (C=O) groups is 1. The van der Waals surface area contributed by atoms with Crippen LogP contribution in [0.3, 0.4) is 0 Å². The summed E-state index contributed by atoms with van der Waals surface area (Å²) in [6, 6.07) is 10.9. The van der Waals surface area contributed by atoms with Crippen LogP contribution < -0.4 is 4.74 Å². The van der Waals surface area contributed by atoms with Crippen LogP contribution in [-0.2, 0) is 35.5 Å². The molecule has 226 valence electrons. The molecule has 3 aliphatic rings. The topological polar surface area (TPSA) is 98.9 Å². The number of aromatic carboxylic acids is 1. The van der Waals surface area contributed by atoms with E-state index in [-0.39, 0.29) is 11.4 Å². The lowest BCUT2D eigenvalue weighted by Crippen LogP contribution is -2.42. The third-order valence-corrected chi connectivity index (χ3v) is 8.87. The molecule has 1 saturated heterocycles. The molecule has 6 rings (SSSR count). The first-order valence-corrected chi connectivity index (χ1v) is 15.3. The molecular formula is C34H40N4O5. The lowest BCUT2D eigenvalue weighted by Gasteiger charge is -2.38. The predicted octanol–water partition coefficient (Wildman–Crippen LogP) is 5.74. The van der Waals surface area contributed by atoms with Crippen molar-refractivity contribution >= 4 is 11.5 Å². The third-order valence-electron chi connectivity index (χ3n) is 8.87. The number of hydrogen-bond acceptors (Lipinski definition) is 7. The van der Waals surface area contributed by atoms with Crippen LogP contribution in [0.4, 0.5) is 0 Å². The largest absolute Gasteiger partial charge is 0.488 e. The number of ether oxygens (including phenoxy) is 3. The Bertz CT molecular complexity index is 1550. The van der Waals surface area contributed by atoms with Gasteiger partial charge in [-0.2, -0.15) is 9.78 Å². The normalized spacial score (nSPS) is 17.9. The quantitative estimate of drug-likeness (QED) is 0.340. The number of methoxy groups -OCH3 is 1. The summed E-state index contributed by atoms with van der Waals surface area (Å²) < 4.78 is 19.0. The number of allylic oxidation sites excluding steroid dienone is 3. The summed E-state index contributed by atoms with van der Waals surface area (Å²) in [4.78, 5) is 19.1. The standard InChI is InChI=1S/C34H40N4O5/c1-4-24-17-23(18-25-11-14-37(20-29(24)25)26-12-15-42-16-13-26)21-43-32-22(2)7-5-8-27(32)30-9-6-10-31(36-30)38-33(41-3)28(19-35-38)34(39)40/h6,8-10,17-19,26H,4-5,7,11-16,20-21H2,1-3H3,(H,39,40). The number of aryl methyl sites for hydroxylation is 1. The highest BCUT2D eigenvalue weighted by molar-refractivity contribution is 5.90. The van der Waals surface area contributed by atoms with Gasteiger partial charge in [-0.05, 0) is 85.4 Å². The Labute approximate surface area is 252 Å². The molecule has 0 bridgehead atoms. The van der Waals surface area contributed by atoms with Gasteiger partial charge in [-0.3, -0.25) is 4.90 Å². The first-order chi connectivity index (χ1) is 21.0. The second-order valence-corrected chi connectivity index (χ2v) is 11.5. The molecule has 4 heterocycles. The van der Waals surface area contributed by atoms with Crippen molar-refractivity contribution in [1.82, 2.24) is 19.7 Å². The van der Waals surface area contributed by atoms with E-state index < -0.39 is 5.97 Å². The van der Waals surface area contributed by atoms with Gasteiger partial charge in [-0.1, -0.05) is 31.2 Å². The maximum Gasteiger partial charge on any atom is 0.342 e. The highest BCUT2D eigenvalue weighted by Crippen LogP contribution is 2.35. The molecule has 1 fully saturated rings. The van der Waals surface area contributed by atoms with Crippen LogP contribution in [-0.4, -0.2) is 63.7 Å². The number of hydrogen-bond donors (Lipinski definition) is 1. The van der Waals surface area contributed by atoms with E-state index in [0.29, 0.717) is 18.5 Å². The maximum atomic E-state index is 11.6. The van der Waals surface area contributed by atoms with Gasteiger partial charge in [0.05, 0.1) is 19.0 Å². The minimum absolute atomic E-state index is 0.0147. The van der Waals surface area contributed by atoms with E-state index in [0.717, 1.165) is 81.9 Å². The molecule has 1 aliphatic carbocycles. The van der Waals surface area contributed by atoms with Gasteiger partial charge in [0, 0.05) is 37.9 Å². The molecule has 3 aromatic rings. The van der Waals surface area contributed by atoms with E-state index in [1.165, 1.54) is 45.8 Å². The molecule has 9 nitrogen and oxygen atoms in total. The second-order valence-electron chi connectivity index (χ2n) is 11.5. The molecule has 2 aromatic heterocycles. The predicted molar refractivity (Wildman–Crippen MR) is 163 cm³/mol. The van der Waals surface area contributed by atoms with E-state index in [1.54, 1.807) is 6.07 Å². The monoisotopic (exact) mass is 584 g/mol.